The number of amides is 1. The molecule has 0 bridgehead atoms. The molecule has 0 spiro atoms. The molecule has 1 N–H and O–H groups in total. The minimum atomic E-state index is 0.177. The standard InChI is InChI=1S/C16H27N5O2/c1-13-18-15(19-23-13)11-21-8-4-14(5-9-21)10-17-16(22)12-20-6-2-3-7-20/h14H,2-12H2,1H3,(H,17,22). The van der Waals surface area contributed by atoms with E-state index in [-0.39, 0.29) is 5.91 Å². The summed E-state index contributed by atoms with van der Waals surface area (Å²) in [5.41, 5.74) is 0. The molecule has 2 fully saturated rings. The second-order valence-electron chi connectivity index (χ2n) is 6.74. The Labute approximate surface area is 137 Å². The van der Waals surface area contributed by atoms with Crippen molar-refractivity contribution in [1.29, 1.82) is 0 Å². The Morgan fingerprint density at radius 1 is 1.22 bits per heavy atom. The second kappa shape index (κ2) is 7.88. The summed E-state index contributed by atoms with van der Waals surface area (Å²) in [6.07, 6.45) is 4.68. The van der Waals surface area contributed by atoms with Crippen molar-refractivity contribution in [3.63, 3.8) is 0 Å². The highest BCUT2D eigenvalue weighted by atomic mass is 16.5. The summed E-state index contributed by atoms with van der Waals surface area (Å²) in [7, 11) is 0. The minimum Gasteiger partial charge on any atom is -0.355 e. The van der Waals surface area contributed by atoms with E-state index < -0.39 is 0 Å². The van der Waals surface area contributed by atoms with Gasteiger partial charge in [0.1, 0.15) is 0 Å². The van der Waals surface area contributed by atoms with Crippen molar-refractivity contribution in [1.82, 2.24) is 25.3 Å². The third-order valence-electron chi connectivity index (χ3n) is 4.80. The number of aromatic nitrogens is 2. The summed E-state index contributed by atoms with van der Waals surface area (Å²) in [4.78, 5) is 20.8. The number of likely N-dealkylation sites (tertiary alicyclic amines) is 2. The molecule has 3 rings (SSSR count). The zero-order chi connectivity index (χ0) is 16.1. The molecule has 0 aromatic carbocycles. The maximum absolute atomic E-state index is 12.0. The van der Waals surface area contributed by atoms with Crippen LogP contribution in [0.15, 0.2) is 4.52 Å². The first-order chi connectivity index (χ1) is 11.2. The lowest BCUT2D eigenvalue weighted by Crippen LogP contribution is -2.41. The van der Waals surface area contributed by atoms with Crippen LogP contribution in [0.5, 0.6) is 0 Å². The van der Waals surface area contributed by atoms with E-state index in [1.807, 2.05) is 6.92 Å². The molecule has 1 aromatic rings. The van der Waals surface area contributed by atoms with Gasteiger partial charge in [0, 0.05) is 13.5 Å². The van der Waals surface area contributed by atoms with Crippen LogP contribution in [-0.2, 0) is 11.3 Å². The van der Waals surface area contributed by atoms with Gasteiger partial charge in [-0.2, -0.15) is 4.98 Å². The average molecular weight is 321 g/mol. The van der Waals surface area contributed by atoms with Gasteiger partial charge in [0.25, 0.3) is 0 Å². The maximum Gasteiger partial charge on any atom is 0.234 e. The monoisotopic (exact) mass is 321 g/mol. The van der Waals surface area contributed by atoms with Gasteiger partial charge in [-0.1, -0.05) is 5.16 Å². The van der Waals surface area contributed by atoms with Crippen LogP contribution in [0.3, 0.4) is 0 Å². The van der Waals surface area contributed by atoms with Gasteiger partial charge in [-0.25, -0.2) is 0 Å². The lowest BCUT2D eigenvalue weighted by atomic mass is 9.97. The Morgan fingerprint density at radius 2 is 1.96 bits per heavy atom. The highest BCUT2D eigenvalue weighted by Gasteiger charge is 2.21. The fourth-order valence-electron chi connectivity index (χ4n) is 3.41. The molecule has 1 amide bonds. The Kier molecular flexibility index (Phi) is 5.61. The van der Waals surface area contributed by atoms with Gasteiger partial charge < -0.3 is 9.84 Å². The average Bonchev–Trinajstić information content (AvgIpc) is 3.18. The largest absolute Gasteiger partial charge is 0.355 e. The van der Waals surface area contributed by atoms with Crippen molar-refractivity contribution in [2.45, 2.75) is 39.2 Å². The number of nitrogens with zero attached hydrogens (tertiary/aromatic N) is 4. The lowest BCUT2D eigenvalue weighted by Gasteiger charge is -2.31. The number of carbonyl (C=O) groups is 1. The van der Waals surface area contributed by atoms with Gasteiger partial charge in [0.05, 0.1) is 13.1 Å². The van der Waals surface area contributed by atoms with Crippen LogP contribution < -0.4 is 5.32 Å². The van der Waals surface area contributed by atoms with Crippen molar-refractivity contribution in [2.75, 3.05) is 39.3 Å². The van der Waals surface area contributed by atoms with Crippen molar-refractivity contribution in [3.05, 3.63) is 11.7 Å². The van der Waals surface area contributed by atoms with Crippen LogP contribution in [0, 0.1) is 12.8 Å². The predicted octanol–water partition coefficient (Wildman–Crippen LogP) is 0.802. The maximum atomic E-state index is 12.0. The number of nitrogens with one attached hydrogen (secondary N) is 1. The number of hydrogen-bond donors (Lipinski definition) is 1. The van der Waals surface area contributed by atoms with Crippen LogP contribution in [-0.4, -0.2) is 65.1 Å². The van der Waals surface area contributed by atoms with Crippen molar-refractivity contribution >= 4 is 5.91 Å². The first kappa shape index (κ1) is 16.4. The molecule has 3 heterocycles. The van der Waals surface area contributed by atoms with Crippen molar-refractivity contribution < 1.29 is 9.32 Å². The Balaban J connectivity index is 1.32. The van der Waals surface area contributed by atoms with Crippen LogP contribution >= 0.6 is 0 Å². The smallest absolute Gasteiger partial charge is 0.234 e. The summed E-state index contributed by atoms with van der Waals surface area (Å²) >= 11 is 0. The summed E-state index contributed by atoms with van der Waals surface area (Å²) in [5.74, 6) is 2.15. The molecule has 0 aliphatic carbocycles. The number of aryl methyl sites for hydroxylation is 1. The van der Waals surface area contributed by atoms with Gasteiger partial charge >= 0.3 is 0 Å². The van der Waals surface area contributed by atoms with E-state index in [2.05, 4.69) is 25.3 Å². The fourth-order valence-corrected chi connectivity index (χ4v) is 3.41. The number of hydrogen-bond acceptors (Lipinski definition) is 6. The fraction of sp³-hybridized carbons (Fsp3) is 0.812. The third-order valence-corrected chi connectivity index (χ3v) is 4.80. The molecule has 0 atom stereocenters. The molecule has 0 saturated carbocycles. The van der Waals surface area contributed by atoms with Crippen molar-refractivity contribution in [3.8, 4) is 0 Å². The number of rotatable bonds is 6. The predicted molar refractivity (Wildman–Crippen MR) is 85.7 cm³/mol. The Morgan fingerprint density at radius 3 is 2.61 bits per heavy atom. The Hall–Kier alpha value is -1.47. The molecule has 7 nitrogen and oxygen atoms in total. The van der Waals surface area contributed by atoms with Gasteiger partial charge in [0.2, 0.25) is 11.8 Å². The van der Waals surface area contributed by atoms with Gasteiger partial charge in [-0.15, -0.1) is 0 Å². The molecule has 0 unspecified atom stereocenters. The molecule has 0 radical (unpaired) electrons. The van der Waals surface area contributed by atoms with Gasteiger partial charge in [-0.05, 0) is 57.8 Å². The van der Waals surface area contributed by atoms with Gasteiger partial charge in [-0.3, -0.25) is 14.6 Å². The summed E-state index contributed by atoms with van der Waals surface area (Å²) in [6, 6.07) is 0. The SMILES string of the molecule is Cc1nc(CN2CCC(CNC(=O)CN3CCCC3)CC2)no1. The van der Waals surface area contributed by atoms with Crippen LogP contribution in [0.4, 0.5) is 0 Å². The van der Waals surface area contributed by atoms with E-state index in [1.54, 1.807) is 0 Å². The van der Waals surface area contributed by atoms with E-state index in [4.69, 9.17) is 4.52 Å². The molecule has 128 valence electrons. The topological polar surface area (TPSA) is 74.5 Å². The quantitative estimate of drug-likeness (QED) is 0.835. The molecule has 2 aliphatic rings. The van der Waals surface area contributed by atoms with E-state index in [9.17, 15) is 4.79 Å². The lowest BCUT2D eigenvalue weighted by molar-refractivity contribution is -0.122. The van der Waals surface area contributed by atoms with E-state index in [0.29, 0.717) is 18.4 Å². The highest BCUT2D eigenvalue weighted by molar-refractivity contribution is 5.78. The Bertz CT molecular complexity index is 504. The third kappa shape index (κ3) is 5.00. The van der Waals surface area contributed by atoms with Crippen LogP contribution in [0.1, 0.15) is 37.4 Å². The molecular weight excluding hydrogens is 294 g/mol. The summed E-state index contributed by atoms with van der Waals surface area (Å²) < 4.78 is 5.01. The van der Waals surface area contributed by atoms with Crippen molar-refractivity contribution in [2.24, 2.45) is 5.92 Å². The molecule has 2 saturated heterocycles. The number of piperidine rings is 1. The molecular formula is C16H27N5O2. The van der Waals surface area contributed by atoms with E-state index in [0.717, 1.165) is 57.9 Å². The van der Waals surface area contributed by atoms with E-state index in [1.165, 1.54) is 12.8 Å². The zero-order valence-electron chi connectivity index (χ0n) is 14.0. The van der Waals surface area contributed by atoms with Crippen LogP contribution in [0.2, 0.25) is 0 Å². The summed E-state index contributed by atoms with van der Waals surface area (Å²) in [5, 5.41) is 7.06. The first-order valence-corrected chi connectivity index (χ1v) is 8.69. The second-order valence-corrected chi connectivity index (χ2v) is 6.74. The molecule has 23 heavy (non-hydrogen) atoms. The van der Waals surface area contributed by atoms with E-state index >= 15 is 0 Å². The first-order valence-electron chi connectivity index (χ1n) is 8.69. The molecule has 1 aromatic heterocycles. The highest BCUT2D eigenvalue weighted by Crippen LogP contribution is 2.17. The minimum absolute atomic E-state index is 0.177. The number of carbonyl (C=O) groups excluding carboxylic acids is 1. The molecule has 7 heteroatoms. The van der Waals surface area contributed by atoms with Gasteiger partial charge in [0.15, 0.2) is 5.82 Å². The van der Waals surface area contributed by atoms with Crippen LogP contribution in [0.25, 0.3) is 0 Å². The zero-order valence-corrected chi connectivity index (χ0v) is 14.0. The molecule has 2 aliphatic heterocycles. The summed E-state index contributed by atoms with van der Waals surface area (Å²) in [6.45, 7) is 8.14. The normalized spacial score (nSPS) is 20.9.